The van der Waals surface area contributed by atoms with Crippen molar-refractivity contribution in [2.45, 2.75) is 24.9 Å². The SMILES string of the molecule is NC(=O)[C@@H](c1ccccc1)N1CCC(NC(=O)c2ccoc2)CC1. The van der Waals surface area contributed by atoms with E-state index in [1.165, 1.54) is 12.5 Å². The molecule has 0 saturated carbocycles. The molecule has 0 spiro atoms. The number of hydrogen-bond acceptors (Lipinski definition) is 4. The fraction of sp³-hybridized carbons (Fsp3) is 0.333. The van der Waals surface area contributed by atoms with Gasteiger partial charge in [0.1, 0.15) is 12.3 Å². The topological polar surface area (TPSA) is 88.6 Å². The molecule has 0 bridgehead atoms. The Bertz CT molecular complexity index is 677. The maximum absolute atomic E-state index is 12.1. The third-order valence-corrected chi connectivity index (χ3v) is 4.40. The van der Waals surface area contributed by atoms with Crippen LogP contribution in [-0.4, -0.2) is 35.8 Å². The Morgan fingerprint density at radius 1 is 1.17 bits per heavy atom. The van der Waals surface area contributed by atoms with Gasteiger partial charge in [-0.1, -0.05) is 30.3 Å². The van der Waals surface area contributed by atoms with Crippen molar-refractivity contribution in [1.29, 1.82) is 0 Å². The Morgan fingerprint density at radius 3 is 2.46 bits per heavy atom. The van der Waals surface area contributed by atoms with Gasteiger partial charge >= 0.3 is 0 Å². The molecule has 1 aromatic heterocycles. The second-order valence-corrected chi connectivity index (χ2v) is 6.01. The molecule has 0 aliphatic carbocycles. The monoisotopic (exact) mass is 327 g/mol. The van der Waals surface area contributed by atoms with E-state index in [2.05, 4.69) is 10.2 Å². The van der Waals surface area contributed by atoms with Gasteiger partial charge in [-0.25, -0.2) is 0 Å². The smallest absolute Gasteiger partial charge is 0.254 e. The molecule has 2 amide bonds. The van der Waals surface area contributed by atoms with E-state index in [0.29, 0.717) is 18.7 Å². The molecule has 1 aromatic carbocycles. The average molecular weight is 327 g/mol. The van der Waals surface area contributed by atoms with Crippen LogP contribution in [0, 0.1) is 0 Å². The number of likely N-dealkylation sites (tertiary alicyclic amines) is 1. The second-order valence-electron chi connectivity index (χ2n) is 6.01. The number of nitrogens with zero attached hydrogens (tertiary/aromatic N) is 1. The van der Waals surface area contributed by atoms with Crippen molar-refractivity contribution in [2.24, 2.45) is 5.73 Å². The van der Waals surface area contributed by atoms with Crippen molar-refractivity contribution < 1.29 is 14.0 Å². The highest BCUT2D eigenvalue weighted by molar-refractivity contribution is 5.93. The number of carbonyl (C=O) groups excluding carboxylic acids is 2. The van der Waals surface area contributed by atoms with Crippen molar-refractivity contribution in [3.8, 4) is 0 Å². The van der Waals surface area contributed by atoms with Crippen LogP contribution in [0.15, 0.2) is 53.3 Å². The normalized spacial score (nSPS) is 17.3. The van der Waals surface area contributed by atoms with Crippen LogP contribution >= 0.6 is 0 Å². The zero-order valence-electron chi connectivity index (χ0n) is 13.4. The standard InChI is InChI=1S/C18H21N3O3/c19-17(22)16(13-4-2-1-3-5-13)21-9-6-15(7-10-21)20-18(23)14-8-11-24-12-14/h1-5,8,11-12,15-16H,6-7,9-10H2,(H2,19,22)(H,20,23)/t16-/m1/s1. The van der Waals surface area contributed by atoms with Gasteiger partial charge in [-0.15, -0.1) is 0 Å². The molecule has 1 fully saturated rings. The Morgan fingerprint density at radius 2 is 1.88 bits per heavy atom. The third kappa shape index (κ3) is 3.65. The first-order valence-electron chi connectivity index (χ1n) is 8.06. The molecule has 1 saturated heterocycles. The Labute approximate surface area is 140 Å². The van der Waals surface area contributed by atoms with Gasteiger partial charge in [0, 0.05) is 19.1 Å². The quantitative estimate of drug-likeness (QED) is 0.875. The molecule has 1 aliphatic heterocycles. The summed E-state index contributed by atoms with van der Waals surface area (Å²) in [6.45, 7) is 1.41. The highest BCUT2D eigenvalue weighted by Gasteiger charge is 2.30. The van der Waals surface area contributed by atoms with E-state index in [9.17, 15) is 9.59 Å². The maximum atomic E-state index is 12.1. The predicted octanol–water partition coefficient (Wildman–Crippen LogP) is 1.70. The number of carbonyl (C=O) groups is 2. The first-order chi connectivity index (χ1) is 11.6. The number of primary amides is 1. The van der Waals surface area contributed by atoms with Crippen LogP contribution in [0.1, 0.15) is 34.8 Å². The van der Waals surface area contributed by atoms with Gasteiger partial charge in [-0.2, -0.15) is 0 Å². The lowest BCUT2D eigenvalue weighted by Gasteiger charge is -2.36. The zero-order valence-corrected chi connectivity index (χ0v) is 13.4. The van der Waals surface area contributed by atoms with Gasteiger partial charge in [0.2, 0.25) is 5.91 Å². The number of nitrogens with two attached hydrogens (primary N) is 1. The van der Waals surface area contributed by atoms with Gasteiger partial charge in [0.05, 0.1) is 11.8 Å². The number of nitrogens with one attached hydrogen (secondary N) is 1. The third-order valence-electron chi connectivity index (χ3n) is 4.40. The van der Waals surface area contributed by atoms with E-state index in [1.807, 2.05) is 30.3 Å². The summed E-state index contributed by atoms with van der Waals surface area (Å²) in [6, 6.07) is 10.9. The summed E-state index contributed by atoms with van der Waals surface area (Å²) in [5.74, 6) is -0.473. The van der Waals surface area contributed by atoms with Crippen LogP contribution in [0.25, 0.3) is 0 Å². The lowest BCUT2D eigenvalue weighted by molar-refractivity contribution is -0.124. The fourth-order valence-corrected chi connectivity index (χ4v) is 3.15. The van der Waals surface area contributed by atoms with Crippen LogP contribution in [0.5, 0.6) is 0 Å². The minimum atomic E-state index is -0.420. The molecule has 3 N–H and O–H groups in total. The Kier molecular flexibility index (Phi) is 4.96. The molecule has 6 heteroatoms. The molecule has 2 heterocycles. The van der Waals surface area contributed by atoms with E-state index in [-0.39, 0.29) is 17.9 Å². The van der Waals surface area contributed by atoms with Gasteiger partial charge in [-0.3, -0.25) is 14.5 Å². The highest BCUT2D eigenvalue weighted by atomic mass is 16.3. The van der Waals surface area contributed by atoms with Crippen LogP contribution in [0.3, 0.4) is 0 Å². The van der Waals surface area contributed by atoms with E-state index < -0.39 is 6.04 Å². The fourth-order valence-electron chi connectivity index (χ4n) is 3.15. The van der Waals surface area contributed by atoms with Gasteiger partial charge in [0.25, 0.3) is 5.91 Å². The molecule has 126 valence electrons. The summed E-state index contributed by atoms with van der Waals surface area (Å²) in [5, 5.41) is 3.01. The van der Waals surface area contributed by atoms with Crippen LogP contribution in [0.4, 0.5) is 0 Å². The van der Waals surface area contributed by atoms with Crippen molar-refractivity contribution in [1.82, 2.24) is 10.2 Å². The van der Waals surface area contributed by atoms with Crippen molar-refractivity contribution in [3.63, 3.8) is 0 Å². The van der Waals surface area contributed by atoms with E-state index in [4.69, 9.17) is 10.2 Å². The lowest BCUT2D eigenvalue weighted by Crippen LogP contribution is -2.48. The summed E-state index contributed by atoms with van der Waals surface area (Å²) >= 11 is 0. The summed E-state index contributed by atoms with van der Waals surface area (Å²) in [6.07, 6.45) is 4.47. The van der Waals surface area contributed by atoms with Gasteiger partial charge in [-0.05, 0) is 24.5 Å². The molecule has 1 atom stereocenters. The number of furan rings is 1. The number of benzene rings is 1. The number of rotatable bonds is 5. The minimum Gasteiger partial charge on any atom is -0.472 e. The Hall–Kier alpha value is -2.60. The molecule has 6 nitrogen and oxygen atoms in total. The second kappa shape index (κ2) is 7.31. The molecule has 1 aliphatic rings. The first-order valence-corrected chi connectivity index (χ1v) is 8.06. The van der Waals surface area contributed by atoms with E-state index >= 15 is 0 Å². The zero-order chi connectivity index (χ0) is 16.9. The molecule has 3 rings (SSSR count). The summed E-state index contributed by atoms with van der Waals surface area (Å²) < 4.78 is 4.93. The number of piperidine rings is 1. The first kappa shape index (κ1) is 16.3. The maximum Gasteiger partial charge on any atom is 0.254 e. The largest absolute Gasteiger partial charge is 0.472 e. The van der Waals surface area contributed by atoms with Crippen LogP contribution in [0.2, 0.25) is 0 Å². The van der Waals surface area contributed by atoms with Crippen molar-refractivity contribution >= 4 is 11.8 Å². The Balaban J connectivity index is 1.59. The summed E-state index contributed by atoms with van der Waals surface area (Å²) in [4.78, 5) is 26.1. The highest BCUT2D eigenvalue weighted by Crippen LogP contribution is 2.24. The van der Waals surface area contributed by atoms with Crippen LogP contribution in [-0.2, 0) is 4.79 Å². The minimum absolute atomic E-state index is 0.0907. The summed E-state index contributed by atoms with van der Waals surface area (Å²) in [5.41, 5.74) is 7.05. The van der Waals surface area contributed by atoms with Crippen molar-refractivity contribution in [2.75, 3.05) is 13.1 Å². The molecular formula is C18H21N3O3. The molecule has 0 unspecified atom stereocenters. The van der Waals surface area contributed by atoms with Crippen molar-refractivity contribution in [3.05, 3.63) is 60.1 Å². The van der Waals surface area contributed by atoms with Gasteiger partial charge in [0.15, 0.2) is 0 Å². The molecule has 2 aromatic rings. The summed E-state index contributed by atoms with van der Waals surface area (Å²) in [7, 11) is 0. The number of hydrogen-bond donors (Lipinski definition) is 2. The molecular weight excluding hydrogens is 306 g/mol. The van der Waals surface area contributed by atoms with E-state index in [0.717, 1.165) is 18.4 Å². The average Bonchev–Trinajstić information content (AvgIpc) is 3.12. The lowest BCUT2D eigenvalue weighted by atomic mass is 9.98. The predicted molar refractivity (Wildman–Crippen MR) is 89.1 cm³/mol. The van der Waals surface area contributed by atoms with E-state index in [1.54, 1.807) is 6.07 Å². The number of amides is 2. The molecule has 24 heavy (non-hydrogen) atoms. The van der Waals surface area contributed by atoms with Crippen LogP contribution < -0.4 is 11.1 Å². The van der Waals surface area contributed by atoms with Gasteiger partial charge < -0.3 is 15.5 Å². The molecule has 0 radical (unpaired) electrons.